The first-order valence-electron chi connectivity index (χ1n) is 12.8. The third-order valence-electron chi connectivity index (χ3n) is 6.15. The summed E-state index contributed by atoms with van der Waals surface area (Å²) in [5, 5.41) is 0. The van der Waals surface area contributed by atoms with Gasteiger partial charge in [0.25, 0.3) is 0 Å². The molecule has 0 aromatic heterocycles. The molecular formula is C29H37F6IO5S+. The number of halogens is 7. The van der Waals surface area contributed by atoms with Crippen molar-refractivity contribution in [2.24, 2.45) is 5.41 Å². The van der Waals surface area contributed by atoms with Crippen LogP contribution in [-0.2, 0) is 33.0 Å². The number of hydrogen-bond donors (Lipinski definition) is 0. The molecule has 2 aromatic carbocycles. The third-order valence-corrected chi connectivity index (χ3v) is 13.7. The summed E-state index contributed by atoms with van der Waals surface area (Å²) in [6.07, 6.45) is -12.7. The Kier molecular flexibility index (Phi) is 10.3. The summed E-state index contributed by atoms with van der Waals surface area (Å²) in [5.74, 6) is -4.57. The number of alkyl halides is 6. The van der Waals surface area contributed by atoms with Crippen molar-refractivity contribution < 1.29 is 67.0 Å². The zero-order valence-electron chi connectivity index (χ0n) is 24.9. The van der Waals surface area contributed by atoms with Crippen molar-refractivity contribution in [1.29, 1.82) is 0 Å². The van der Waals surface area contributed by atoms with Gasteiger partial charge in [0.2, 0.25) is 0 Å². The second-order valence-corrected chi connectivity index (χ2v) is 19.5. The summed E-state index contributed by atoms with van der Waals surface area (Å²) in [4.78, 5) is 12.3. The minimum atomic E-state index is -6.33. The molecule has 0 saturated heterocycles. The number of benzene rings is 2. The summed E-state index contributed by atoms with van der Waals surface area (Å²) in [6.45, 7) is 14.8. The highest BCUT2D eigenvalue weighted by atomic mass is 127. The lowest BCUT2D eigenvalue weighted by Crippen LogP contribution is -3.85. The van der Waals surface area contributed by atoms with Gasteiger partial charge in [0.1, 0.15) is 5.75 Å². The van der Waals surface area contributed by atoms with Gasteiger partial charge in [-0.25, -0.2) is 0 Å². The number of ether oxygens (including phenoxy) is 1. The highest BCUT2D eigenvalue weighted by Crippen LogP contribution is 2.47. The third kappa shape index (κ3) is 8.61. The molecule has 0 saturated carbocycles. The maximum absolute atomic E-state index is 14.1. The average molecular weight is 739 g/mol. The number of carbonyl (C=O) groups is 1. The van der Waals surface area contributed by atoms with Gasteiger partial charge < -0.3 is 4.74 Å². The average Bonchev–Trinajstić information content (AvgIpc) is 2.79. The van der Waals surface area contributed by atoms with Gasteiger partial charge in [0, 0.05) is 0 Å². The number of hydrogen-bond acceptors (Lipinski definition) is 5. The van der Waals surface area contributed by atoms with Crippen molar-refractivity contribution in [3.05, 3.63) is 66.8 Å². The molecule has 0 heterocycles. The Morgan fingerprint density at radius 3 is 1.26 bits per heavy atom. The van der Waals surface area contributed by atoms with E-state index in [1.165, 1.54) is 0 Å². The zero-order chi connectivity index (χ0) is 32.7. The lowest BCUT2D eigenvalue weighted by Gasteiger charge is -2.37. The maximum atomic E-state index is 14.1. The Hall–Kier alpha value is -1.87. The van der Waals surface area contributed by atoms with E-state index in [1.807, 2.05) is 41.5 Å². The van der Waals surface area contributed by atoms with Crippen LogP contribution in [0.1, 0.15) is 73.4 Å². The van der Waals surface area contributed by atoms with E-state index in [0.29, 0.717) is 7.14 Å². The van der Waals surface area contributed by atoms with Gasteiger partial charge in [-0.1, -0.05) is 65.8 Å². The van der Waals surface area contributed by atoms with Crippen molar-refractivity contribution in [1.82, 2.24) is 0 Å². The quantitative estimate of drug-likeness (QED) is 0.235. The summed E-state index contributed by atoms with van der Waals surface area (Å²) >= 11 is -3.69. The molecule has 5 nitrogen and oxygen atoms in total. The van der Waals surface area contributed by atoms with Gasteiger partial charge in [-0.15, -0.1) is 0 Å². The van der Waals surface area contributed by atoms with E-state index in [1.54, 1.807) is 48.5 Å². The Labute approximate surface area is 251 Å². The molecule has 0 bridgehead atoms. The highest BCUT2D eigenvalue weighted by molar-refractivity contribution is 7.86. The van der Waals surface area contributed by atoms with Crippen LogP contribution in [0.3, 0.4) is 0 Å². The summed E-state index contributed by atoms with van der Waals surface area (Å²) in [5.41, 5.74) is -5.97. The topological polar surface area (TPSA) is 69.7 Å². The summed E-state index contributed by atoms with van der Waals surface area (Å²) < 4.78 is 121. The molecule has 0 aliphatic heterocycles. The van der Waals surface area contributed by atoms with E-state index in [2.05, 4.69) is 4.74 Å². The number of carbonyl (C=O) groups excluding carboxylic acids is 1. The highest BCUT2D eigenvalue weighted by Gasteiger charge is 2.76. The second kappa shape index (κ2) is 11.9. The first-order chi connectivity index (χ1) is 18.6. The monoisotopic (exact) mass is 738 g/mol. The van der Waals surface area contributed by atoms with Gasteiger partial charge in [-0.2, -0.15) is 34.8 Å². The van der Waals surface area contributed by atoms with E-state index in [9.17, 15) is 39.6 Å². The van der Waals surface area contributed by atoms with Crippen molar-refractivity contribution in [3.8, 4) is 0 Å². The fourth-order valence-corrected chi connectivity index (χ4v) is 10.8. The van der Waals surface area contributed by atoms with E-state index in [-0.39, 0.29) is 10.8 Å². The summed E-state index contributed by atoms with van der Waals surface area (Å²) in [6, 6.07) is 13.1. The van der Waals surface area contributed by atoms with Crippen LogP contribution in [0.2, 0.25) is 0 Å². The molecule has 237 valence electrons. The first kappa shape index (κ1) is 36.3. The normalized spacial score (nSPS) is 14.3. The van der Waals surface area contributed by atoms with Crippen molar-refractivity contribution in [3.63, 3.8) is 0 Å². The number of rotatable bonds is 7. The van der Waals surface area contributed by atoms with Crippen LogP contribution in [0.5, 0.6) is 0 Å². The smallest absolute Gasteiger partial charge is 0.438 e. The summed E-state index contributed by atoms with van der Waals surface area (Å²) in [7, 11) is -5.62. The lowest BCUT2D eigenvalue weighted by atomic mass is 9.87. The maximum Gasteiger partial charge on any atom is 0.438 e. The van der Waals surface area contributed by atoms with Gasteiger partial charge >= 0.3 is 54.3 Å². The minimum Gasteiger partial charge on any atom is -0.438 e. The molecule has 2 rings (SSSR count). The van der Waals surface area contributed by atoms with Gasteiger partial charge in [0.05, 0.1) is 5.41 Å². The predicted octanol–water partition coefficient (Wildman–Crippen LogP) is 4.66. The molecule has 0 amide bonds. The molecule has 0 fully saturated rings. The predicted molar refractivity (Wildman–Crippen MR) is 143 cm³/mol. The minimum absolute atomic E-state index is 0.283. The van der Waals surface area contributed by atoms with Gasteiger partial charge in [-0.3, -0.25) is 4.79 Å². The molecular weight excluding hydrogens is 701 g/mol. The Balaban J connectivity index is 2.68. The molecule has 0 N–H and O–H groups in total. The Morgan fingerprint density at radius 1 is 0.667 bits per heavy atom. The molecule has 0 aliphatic carbocycles. The molecule has 0 atom stereocenters. The van der Waals surface area contributed by atoms with Gasteiger partial charge in [-0.05, 0) is 69.5 Å². The number of esters is 1. The zero-order valence-corrected chi connectivity index (χ0v) is 27.9. The SMILES string of the molecule is CC(C)(C)C(=O)OC(CS(=O)(=O)O[I+](c1ccc(C(C)(C)C)cc1)c1ccc(C(C)(C)C)cc1)(C(F)(F)F)C(F)(F)F. The van der Waals surface area contributed by atoms with Crippen LogP contribution in [-0.4, -0.2) is 38.1 Å². The standard InChI is InChI=1S/C29H37F6IO5S/c1-24(2,3)19-10-14-21(15-11-19)36(22-16-12-20(13-17-22)25(4,5)6)41-42(38,39)18-27(28(30,31)32,29(33,34)35)40-23(37)26(7,8)9/h10-17H,18H2,1-9H3/q+1. The van der Waals surface area contributed by atoms with Crippen molar-refractivity contribution in [2.45, 2.75) is 91.1 Å². The van der Waals surface area contributed by atoms with Crippen LogP contribution in [0.4, 0.5) is 26.3 Å². The molecule has 1 radical (unpaired) electrons. The Morgan fingerprint density at radius 2 is 1.00 bits per heavy atom. The van der Waals surface area contributed by atoms with Crippen molar-refractivity contribution >= 4 is 16.1 Å². The fraction of sp³-hybridized carbons (Fsp3) is 0.552. The first-order valence-corrected chi connectivity index (χ1v) is 17.4. The van der Waals surface area contributed by atoms with Crippen LogP contribution < -0.4 is 20.2 Å². The van der Waals surface area contributed by atoms with Crippen LogP contribution in [0, 0.1) is 12.6 Å². The molecule has 2 aromatic rings. The molecule has 13 heteroatoms. The van der Waals surface area contributed by atoms with E-state index >= 15 is 0 Å². The largest absolute Gasteiger partial charge is 0.438 e. The van der Waals surface area contributed by atoms with Crippen molar-refractivity contribution in [2.75, 3.05) is 5.75 Å². The van der Waals surface area contributed by atoms with E-state index in [0.717, 1.165) is 31.9 Å². The fourth-order valence-electron chi connectivity index (χ4n) is 3.48. The van der Waals surface area contributed by atoms with Gasteiger partial charge in [0.15, 0.2) is 7.14 Å². The molecule has 0 aliphatic rings. The Bertz CT molecular complexity index is 1280. The second-order valence-electron chi connectivity index (χ2n) is 13.0. The van der Waals surface area contributed by atoms with E-state index in [4.69, 9.17) is 2.51 Å². The lowest BCUT2D eigenvalue weighted by molar-refractivity contribution is -1.03. The van der Waals surface area contributed by atoms with Crippen LogP contribution in [0.15, 0.2) is 48.5 Å². The van der Waals surface area contributed by atoms with Crippen LogP contribution in [0.25, 0.3) is 0 Å². The van der Waals surface area contributed by atoms with E-state index < -0.39 is 65.4 Å². The molecule has 0 spiro atoms. The molecule has 42 heavy (non-hydrogen) atoms. The molecule has 0 unspecified atom stereocenters. The van der Waals surface area contributed by atoms with Crippen LogP contribution >= 0.6 is 0 Å².